The third kappa shape index (κ3) is 7.73. The van der Waals surface area contributed by atoms with Crippen LogP contribution in [0.2, 0.25) is 0 Å². The highest BCUT2D eigenvalue weighted by Crippen LogP contribution is 2.55. The lowest BCUT2D eigenvalue weighted by atomic mass is 9.94. The first kappa shape index (κ1) is 31.4. The van der Waals surface area contributed by atoms with Gasteiger partial charge in [0.2, 0.25) is 5.34 Å². The van der Waals surface area contributed by atoms with Crippen molar-refractivity contribution < 1.29 is 33.4 Å². The van der Waals surface area contributed by atoms with Gasteiger partial charge in [0.25, 0.3) is 5.91 Å². The first-order valence-corrected chi connectivity index (χ1v) is 15.1. The van der Waals surface area contributed by atoms with Gasteiger partial charge in [0.1, 0.15) is 11.5 Å². The van der Waals surface area contributed by atoms with Crippen LogP contribution in [-0.4, -0.2) is 41.5 Å². The molecular formula is C31H40NO7P. The molecule has 0 atom stereocenters. The Morgan fingerprint density at radius 3 is 2.17 bits per heavy atom. The van der Waals surface area contributed by atoms with Crippen molar-refractivity contribution in [2.24, 2.45) is 0 Å². The normalized spacial score (nSPS) is 11.8. The van der Waals surface area contributed by atoms with Crippen LogP contribution in [0.1, 0.15) is 64.9 Å². The molecule has 9 heteroatoms. The zero-order valence-electron chi connectivity index (χ0n) is 23.9. The van der Waals surface area contributed by atoms with E-state index in [1.165, 1.54) is 7.11 Å². The second-order valence-electron chi connectivity index (χ2n) is 9.88. The van der Waals surface area contributed by atoms with Gasteiger partial charge in [0, 0.05) is 13.7 Å². The van der Waals surface area contributed by atoms with E-state index in [9.17, 15) is 19.1 Å². The van der Waals surface area contributed by atoms with E-state index in [4.69, 9.17) is 14.2 Å². The van der Waals surface area contributed by atoms with Gasteiger partial charge in [-0.05, 0) is 91.6 Å². The van der Waals surface area contributed by atoms with Crippen LogP contribution in [-0.2, 0) is 22.1 Å². The molecule has 1 amide bonds. The molecule has 0 saturated carbocycles. The lowest BCUT2D eigenvalue weighted by molar-refractivity contribution is 0.0501. The Hall–Kier alpha value is -3.16. The number of carbonyl (C=O) groups excluding carboxylic acids is 1. The highest BCUT2D eigenvalue weighted by molar-refractivity contribution is 7.53. The van der Waals surface area contributed by atoms with Crippen molar-refractivity contribution in [3.8, 4) is 11.5 Å². The van der Waals surface area contributed by atoms with E-state index < -0.39 is 12.9 Å². The van der Waals surface area contributed by atoms with Gasteiger partial charge in [-0.25, -0.2) is 0 Å². The van der Waals surface area contributed by atoms with Gasteiger partial charge in [-0.1, -0.05) is 50.2 Å². The van der Waals surface area contributed by atoms with Gasteiger partial charge in [-0.2, -0.15) is 0 Å². The number of nitrogens with one attached hydrogen (secondary N) is 1. The number of methoxy groups -OCH3 is 1. The maximum atomic E-state index is 13.2. The Labute approximate surface area is 236 Å². The predicted molar refractivity (Wildman–Crippen MR) is 156 cm³/mol. The number of carbonyl (C=O) groups is 1. The van der Waals surface area contributed by atoms with Crippen LogP contribution in [0, 0.1) is 13.8 Å². The Kier molecular flexibility index (Phi) is 10.9. The summed E-state index contributed by atoms with van der Waals surface area (Å²) in [6, 6.07) is 19.1. The number of benzene rings is 3. The summed E-state index contributed by atoms with van der Waals surface area (Å²) in [4.78, 5) is 33.1. The van der Waals surface area contributed by atoms with Gasteiger partial charge in [-0.15, -0.1) is 0 Å². The molecule has 3 rings (SSSR count). The number of hydrogen-bond acceptors (Lipinski definition) is 5. The van der Waals surface area contributed by atoms with Crippen LogP contribution >= 0.6 is 7.60 Å². The highest BCUT2D eigenvalue weighted by atomic mass is 31.2. The molecule has 0 saturated heterocycles. The number of ether oxygens (including phenoxy) is 3. The smallest absolute Gasteiger partial charge is 0.368 e. The molecule has 0 radical (unpaired) electrons. The lowest BCUT2D eigenvalue weighted by Crippen LogP contribution is -2.34. The van der Waals surface area contributed by atoms with E-state index in [-0.39, 0.29) is 25.5 Å². The number of aryl methyl sites for hydroxylation is 2. The van der Waals surface area contributed by atoms with Crippen molar-refractivity contribution in [1.29, 1.82) is 0 Å². The summed E-state index contributed by atoms with van der Waals surface area (Å²) in [6.45, 7) is 7.83. The second kappa shape index (κ2) is 14.0. The highest BCUT2D eigenvalue weighted by Gasteiger charge is 2.46. The second-order valence-corrected chi connectivity index (χ2v) is 11.8. The summed E-state index contributed by atoms with van der Waals surface area (Å²) in [6.07, 6.45) is 1.63. The third-order valence-corrected chi connectivity index (χ3v) is 8.94. The average molecular weight is 570 g/mol. The molecule has 3 N–H and O–H groups in total. The molecule has 40 heavy (non-hydrogen) atoms. The molecular weight excluding hydrogens is 529 g/mol. The Balaban J connectivity index is 1.83. The summed E-state index contributed by atoms with van der Waals surface area (Å²) < 4.78 is 28.9. The quantitative estimate of drug-likeness (QED) is 0.163. The van der Waals surface area contributed by atoms with Crippen molar-refractivity contribution in [2.75, 3.05) is 20.4 Å². The van der Waals surface area contributed by atoms with E-state index >= 15 is 0 Å². The van der Waals surface area contributed by atoms with E-state index in [1.807, 2.05) is 68.4 Å². The fourth-order valence-corrected chi connectivity index (χ4v) is 5.80. The topological polar surface area (TPSA) is 114 Å². The van der Waals surface area contributed by atoms with Crippen LogP contribution in [0.3, 0.4) is 0 Å². The standard InChI is InChI=1S/C31H40NO7P/c1-6-31(7-2,40(34,35)36)39-26-17-22(3)27(23(4)18-26)19-25-13-14-29(38-21-37-5)28(20-25)30(33)32-16-15-24-11-9-8-10-12-24/h8-14,17-18,20H,6-7,15-16,19,21H2,1-5H3,(H,32,33)(H2,34,35,36). The maximum absolute atomic E-state index is 13.2. The van der Waals surface area contributed by atoms with Crippen molar-refractivity contribution in [3.63, 3.8) is 0 Å². The molecule has 0 unspecified atom stereocenters. The summed E-state index contributed by atoms with van der Waals surface area (Å²) in [5.74, 6) is 0.634. The van der Waals surface area contributed by atoms with Crippen molar-refractivity contribution in [2.45, 2.75) is 58.7 Å². The predicted octanol–water partition coefficient (Wildman–Crippen LogP) is 5.92. The van der Waals surface area contributed by atoms with Crippen molar-refractivity contribution in [1.82, 2.24) is 5.32 Å². The zero-order chi connectivity index (χ0) is 29.3. The van der Waals surface area contributed by atoms with E-state index in [0.717, 1.165) is 27.8 Å². The summed E-state index contributed by atoms with van der Waals surface area (Å²) in [5, 5.41) is 1.43. The van der Waals surface area contributed by atoms with Crippen molar-refractivity contribution in [3.05, 3.63) is 94.0 Å². The molecule has 3 aromatic carbocycles. The molecule has 0 bridgehead atoms. The molecule has 8 nitrogen and oxygen atoms in total. The minimum atomic E-state index is -4.50. The molecule has 0 fully saturated rings. The first-order chi connectivity index (χ1) is 19.0. The molecule has 216 valence electrons. The fourth-order valence-electron chi connectivity index (χ4n) is 4.75. The van der Waals surface area contributed by atoms with Gasteiger partial charge in [0.05, 0.1) is 5.56 Å². The number of amides is 1. The van der Waals surface area contributed by atoms with Gasteiger partial charge >= 0.3 is 7.60 Å². The van der Waals surface area contributed by atoms with Crippen molar-refractivity contribution >= 4 is 13.5 Å². The van der Waals surface area contributed by atoms with E-state index in [1.54, 1.807) is 19.9 Å². The summed E-state index contributed by atoms with van der Waals surface area (Å²) >= 11 is 0. The SMILES string of the molecule is CCC(CC)(Oc1cc(C)c(Cc2ccc(OCOC)c(C(=O)NCCc3ccccc3)c2)c(C)c1)P(=O)(O)O. The fraction of sp³-hybridized carbons (Fsp3) is 0.387. The van der Waals surface area contributed by atoms with Gasteiger partial charge < -0.3 is 29.3 Å². The van der Waals surface area contributed by atoms with Crippen LogP contribution in [0.4, 0.5) is 0 Å². The average Bonchev–Trinajstić information content (AvgIpc) is 2.92. The first-order valence-electron chi connectivity index (χ1n) is 13.4. The molecule has 0 aliphatic rings. The van der Waals surface area contributed by atoms with E-state index in [0.29, 0.717) is 36.4 Å². The number of rotatable bonds is 14. The molecule has 0 aliphatic carbocycles. The molecule has 0 spiro atoms. The molecule has 3 aromatic rings. The van der Waals surface area contributed by atoms with Gasteiger partial charge in [0.15, 0.2) is 6.79 Å². The lowest BCUT2D eigenvalue weighted by Gasteiger charge is -2.33. The van der Waals surface area contributed by atoms with Crippen LogP contribution < -0.4 is 14.8 Å². The van der Waals surface area contributed by atoms with Crippen LogP contribution in [0.5, 0.6) is 11.5 Å². The maximum Gasteiger partial charge on any atom is 0.368 e. The third-order valence-electron chi connectivity index (χ3n) is 7.16. The Morgan fingerprint density at radius 2 is 1.60 bits per heavy atom. The van der Waals surface area contributed by atoms with Crippen LogP contribution in [0.25, 0.3) is 0 Å². The molecule has 0 aromatic heterocycles. The Morgan fingerprint density at radius 1 is 0.950 bits per heavy atom. The largest absolute Gasteiger partial charge is 0.475 e. The minimum Gasteiger partial charge on any atom is -0.475 e. The summed E-state index contributed by atoms with van der Waals surface area (Å²) in [7, 11) is -2.98. The number of hydrogen-bond donors (Lipinski definition) is 3. The minimum absolute atomic E-state index is 0.0228. The van der Waals surface area contributed by atoms with E-state index in [2.05, 4.69) is 5.32 Å². The Bertz CT molecular complexity index is 1310. The monoisotopic (exact) mass is 569 g/mol. The van der Waals surface area contributed by atoms with Crippen LogP contribution in [0.15, 0.2) is 60.7 Å². The molecule has 0 heterocycles. The zero-order valence-corrected chi connectivity index (χ0v) is 24.8. The van der Waals surface area contributed by atoms with Gasteiger partial charge in [-0.3, -0.25) is 9.36 Å². The molecule has 0 aliphatic heterocycles. The summed E-state index contributed by atoms with van der Waals surface area (Å²) in [5.41, 5.74) is 5.38.